The van der Waals surface area contributed by atoms with Crippen LogP contribution in [-0.4, -0.2) is 92.4 Å². The molecule has 0 atom stereocenters. The summed E-state index contributed by atoms with van der Waals surface area (Å²) < 4.78 is 10.2. The number of hydrogen-bond acceptors (Lipinski definition) is 7. The van der Waals surface area contributed by atoms with E-state index in [1.54, 1.807) is 11.8 Å². The quantitative estimate of drug-likeness (QED) is 0.491. The fraction of sp³-hybridized carbons (Fsp3) is 0.417. The number of aryl methyl sites for hydroxylation is 1. The molecule has 0 saturated heterocycles. The molecule has 0 fully saturated rings. The van der Waals surface area contributed by atoms with Crippen molar-refractivity contribution in [1.29, 1.82) is 0 Å². The van der Waals surface area contributed by atoms with Crippen molar-refractivity contribution in [3.05, 3.63) is 29.9 Å². The zero-order valence-corrected chi connectivity index (χ0v) is 10.6. The van der Waals surface area contributed by atoms with Gasteiger partial charge in [-0.1, -0.05) is 17.8 Å². The number of aliphatic hydroxyl groups excluding tert-OH is 1. The maximum absolute atomic E-state index is 11.8. The van der Waals surface area contributed by atoms with Gasteiger partial charge in [0.15, 0.2) is 0 Å². The minimum atomic E-state index is -0.557. The average molecular weight is 305 g/mol. The Labute approximate surface area is 159 Å². The molecule has 8 heteroatoms. The predicted octanol–water partition coefficient (Wildman–Crippen LogP) is 0.481. The van der Waals surface area contributed by atoms with Crippen LogP contribution in [0.3, 0.4) is 0 Å². The number of anilines is 1. The first kappa shape index (κ1) is 17.4. The second-order valence-corrected chi connectivity index (χ2v) is 4.09. The van der Waals surface area contributed by atoms with Crippen LogP contribution in [0.2, 0.25) is 0 Å². The van der Waals surface area contributed by atoms with Crippen LogP contribution in [0, 0.1) is 6.92 Å². The first-order valence-corrected chi connectivity index (χ1v) is 5.86. The Morgan fingerprint density at radius 1 is 1.60 bits per heavy atom. The van der Waals surface area contributed by atoms with Crippen LogP contribution >= 0.6 is 0 Å². The molecule has 0 saturated carbocycles. The van der Waals surface area contributed by atoms with Gasteiger partial charge < -0.3 is 19.2 Å². The molecule has 20 heavy (non-hydrogen) atoms. The van der Waals surface area contributed by atoms with Crippen molar-refractivity contribution in [2.75, 3.05) is 24.6 Å². The number of carbonyl (C=O) groups excluding carboxylic acids is 1. The molecule has 2 heterocycles. The Morgan fingerprint density at radius 3 is 2.95 bits per heavy atom. The summed E-state index contributed by atoms with van der Waals surface area (Å²) in [5.74, 6) is -0.0653. The van der Waals surface area contributed by atoms with E-state index in [-0.39, 0.29) is 75.9 Å². The van der Waals surface area contributed by atoms with Gasteiger partial charge in [0.05, 0.1) is 12.1 Å². The normalized spacial score (nSPS) is 14.8. The van der Waals surface area contributed by atoms with Crippen LogP contribution in [-0.2, 0) is 9.53 Å². The Morgan fingerprint density at radius 2 is 2.35 bits per heavy atom. The van der Waals surface area contributed by atoms with E-state index in [1.165, 1.54) is 6.08 Å². The van der Waals surface area contributed by atoms with Crippen molar-refractivity contribution in [2.45, 2.75) is 13.3 Å². The Kier molecular flexibility index (Phi) is 6.90. The molecule has 2 rings (SSSR count). The molecule has 0 bridgehead atoms. The summed E-state index contributed by atoms with van der Waals surface area (Å²) >= 11 is 0. The molecule has 0 spiro atoms. The van der Waals surface area contributed by atoms with E-state index >= 15 is 0 Å². The van der Waals surface area contributed by atoms with Crippen LogP contribution in [0.4, 0.5) is 6.01 Å². The standard InChI is InChI=1S/C12H15N3O4.K.H/c1-3-6-18-11(17)9-7-15(5-4-10(9)16)12-14-13-8(2)19-12;;/h3,16H,1,4-7H2,2H3;;. The Bertz CT molecular complexity index is 527. The summed E-state index contributed by atoms with van der Waals surface area (Å²) in [6.45, 7) is 5.95. The van der Waals surface area contributed by atoms with E-state index < -0.39 is 5.97 Å². The molecule has 0 aliphatic carbocycles. The fourth-order valence-corrected chi connectivity index (χ4v) is 1.73. The number of aromatic nitrogens is 2. The third kappa shape index (κ3) is 4.16. The SMILES string of the molecule is C=CCOC(=O)C1=C(O)CCN(c2nnc(C)o2)C1.[KH]. The second-order valence-electron chi connectivity index (χ2n) is 4.09. The zero-order chi connectivity index (χ0) is 13.8. The third-order valence-electron chi connectivity index (χ3n) is 2.68. The van der Waals surface area contributed by atoms with Gasteiger partial charge in [0.1, 0.15) is 12.4 Å². The molecule has 7 nitrogen and oxygen atoms in total. The van der Waals surface area contributed by atoms with Gasteiger partial charge in [0.25, 0.3) is 0 Å². The van der Waals surface area contributed by atoms with Crippen molar-refractivity contribution in [3.63, 3.8) is 0 Å². The molecule has 1 aromatic rings. The van der Waals surface area contributed by atoms with E-state index in [1.807, 2.05) is 0 Å². The number of ether oxygens (including phenoxy) is 1. The average Bonchev–Trinajstić information content (AvgIpc) is 2.83. The number of carbonyl (C=O) groups is 1. The second kappa shape index (κ2) is 7.94. The van der Waals surface area contributed by atoms with Gasteiger partial charge in [-0.05, 0) is 0 Å². The molecule has 0 aromatic carbocycles. The number of nitrogens with zero attached hydrogens (tertiary/aromatic N) is 3. The van der Waals surface area contributed by atoms with Gasteiger partial charge in [-0.25, -0.2) is 4.79 Å². The topological polar surface area (TPSA) is 88.7 Å². The monoisotopic (exact) mass is 305 g/mol. The number of esters is 1. The first-order valence-electron chi connectivity index (χ1n) is 5.86. The van der Waals surface area contributed by atoms with Crippen molar-refractivity contribution >= 4 is 63.4 Å². The van der Waals surface area contributed by atoms with Crippen LogP contribution in [0.15, 0.2) is 28.4 Å². The van der Waals surface area contributed by atoms with Crippen LogP contribution in [0.5, 0.6) is 0 Å². The number of aliphatic hydroxyl groups is 1. The van der Waals surface area contributed by atoms with Gasteiger partial charge in [0, 0.05) is 19.9 Å². The van der Waals surface area contributed by atoms with Crippen LogP contribution in [0.25, 0.3) is 0 Å². The van der Waals surface area contributed by atoms with E-state index in [0.717, 1.165) is 0 Å². The maximum atomic E-state index is 11.8. The first-order chi connectivity index (χ1) is 9.11. The third-order valence-corrected chi connectivity index (χ3v) is 2.68. The summed E-state index contributed by atoms with van der Waals surface area (Å²) in [6.07, 6.45) is 1.80. The molecule has 1 aliphatic rings. The molecular formula is C12H16KN3O4. The van der Waals surface area contributed by atoms with Crippen LogP contribution < -0.4 is 4.90 Å². The Balaban J connectivity index is 0.00000200. The molecule has 0 radical (unpaired) electrons. The van der Waals surface area contributed by atoms with Gasteiger partial charge in [-0.2, -0.15) is 0 Å². The Hall–Kier alpha value is -0.674. The van der Waals surface area contributed by atoms with Gasteiger partial charge in [-0.3, -0.25) is 0 Å². The summed E-state index contributed by atoms with van der Waals surface area (Å²) in [6, 6.07) is 0.332. The summed E-state index contributed by atoms with van der Waals surface area (Å²) in [5.41, 5.74) is 0.212. The van der Waals surface area contributed by atoms with E-state index in [9.17, 15) is 9.90 Å². The van der Waals surface area contributed by atoms with Crippen LogP contribution in [0.1, 0.15) is 12.3 Å². The summed E-state index contributed by atoms with van der Waals surface area (Å²) in [4.78, 5) is 13.5. The van der Waals surface area contributed by atoms with E-state index in [2.05, 4.69) is 16.8 Å². The number of rotatable bonds is 4. The van der Waals surface area contributed by atoms with Gasteiger partial charge in [-0.15, -0.1) is 5.10 Å². The van der Waals surface area contributed by atoms with E-state index in [4.69, 9.17) is 9.15 Å². The van der Waals surface area contributed by atoms with Crippen molar-refractivity contribution in [1.82, 2.24) is 10.2 Å². The van der Waals surface area contributed by atoms with Crippen molar-refractivity contribution in [3.8, 4) is 0 Å². The number of hydrogen-bond donors (Lipinski definition) is 1. The molecule has 104 valence electrons. The zero-order valence-electron chi connectivity index (χ0n) is 10.6. The predicted molar refractivity (Wildman–Crippen MR) is 73.8 cm³/mol. The molecule has 0 unspecified atom stereocenters. The molecule has 1 aliphatic heterocycles. The summed E-state index contributed by atoms with van der Waals surface area (Å²) in [5, 5.41) is 17.4. The van der Waals surface area contributed by atoms with Crippen molar-refractivity contribution in [2.24, 2.45) is 0 Å². The van der Waals surface area contributed by atoms with Crippen molar-refractivity contribution < 1.29 is 19.1 Å². The molecule has 1 N–H and O–H groups in total. The van der Waals surface area contributed by atoms with E-state index in [0.29, 0.717) is 24.9 Å². The minimum absolute atomic E-state index is 0. The molecular weight excluding hydrogens is 289 g/mol. The fourth-order valence-electron chi connectivity index (χ4n) is 1.73. The van der Waals surface area contributed by atoms with Gasteiger partial charge >= 0.3 is 63.4 Å². The molecule has 1 aromatic heterocycles. The summed E-state index contributed by atoms with van der Waals surface area (Å²) in [7, 11) is 0. The molecule has 0 amide bonds. The van der Waals surface area contributed by atoms with Gasteiger partial charge in [0.2, 0.25) is 5.89 Å².